The molecule has 42 heavy (non-hydrogen) atoms. The molecule has 0 bridgehead atoms. The summed E-state index contributed by atoms with van der Waals surface area (Å²) < 4.78 is 50.1. The number of rotatable bonds is 13. The van der Waals surface area contributed by atoms with Gasteiger partial charge in [0.1, 0.15) is 18.1 Å². The monoisotopic (exact) mass is 593 g/mol. The fraction of sp³-hybridized carbons (Fsp3) is 0.200. The third-order valence-corrected chi connectivity index (χ3v) is 7.88. The highest BCUT2D eigenvalue weighted by atomic mass is 32.2. The molecule has 2 N–H and O–H groups in total. The Balaban J connectivity index is 1.62. The van der Waals surface area contributed by atoms with Crippen LogP contribution in [0.2, 0.25) is 0 Å². The highest BCUT2D eigenvalue weighted by Crippen LogP contribution is 2.32. The van der Waals surface area contributed by atoms with Crippen molar-refractivity contribution in [3.05, 3.63) is 96.4 Å². The lowest BCUT2D eigenvalue weighted by molar-refractivity contribution is -0.114. The Bertz CT molecular complexity index is 1620. The van der Waals surface area contributed by atoms with Crippen LogP contribution in [0.25, 0.3) is 0 Å². The summed E-state index contributed by atoms with van der Waals surface area (Å²) in [4.78, 5) is 26.1. The Morgan fingerprint density at radius 3 is 2.31 bits per heavy atom. The predicted octanol–water partition coefficient (Wildman–Crippen LogP) is 4.46. The van der Waals surface area contributed by atoms with E-state index in [1.165, 1.54) is 38.7 Å². The number of anilines is 2. The van der Waals surface area contributed by atoms with Gasteiger partial charge in [-0.1, -0.05) is 12.1 Å². The van der Waals surface area contributed by atoms with E-state index in [4.69, 9.17) is 18.6 Å². The Morgan fingerprint density at radius 1 is 0.905 bits per heavy atom. The van der Waals surface area contributed by atoms with E-state index in [0.717, 1.165) is 4.31 Å². The maximum Gasteiger partial charge on any atom is 0.264 e. The second-order valence-electron chi connectivity index (χ2n) is 8.81. The van der Waals surface area contributed by atoms with Gasteiger partial charge in [0, 0.05) is 6.07 Å². The number of hydrogen-bond donors (Lipinski definition) is 2. The van der Waals surface area contributed by atoms with Crippen LogP contribution in [-0.4, -0.2) is 47.6 Å². The molecule has 2 amide bonds. The standard InChI is InChI=1S/C30H31N3O8S/c1-4-40-22-13-11-21(12-14-22)33(42(36,37)24-15-16-27(38-2)28(18-24)39-3)20-29(34)32-26-10-6-5-9-25(26)30(35)31-19-23-8-7-17-41-23/h5-18H,4,19-20H2,1-3H3,(H,31,35)(H,32,34). The molecule has 0 unspecified atom stereocenters. The number of furan rings is 1. The summed E-state index contributed by atoms with van der Waals surface area (Å²) in [6, 6.07) is 20.4. The first-order chi connectivity index (χ1) is 20.3. The minimum atomic E-state index is -4.28. The summed E-state index contributed by atoms with van der Waals surface area (Å²) in [6.45, 7) is 1.83. The van der Waals surface area contributed by atoms with Crippen molar-refractivity contribution in [1.29, 1.82) is 0 Å². The first-order valence-electron chi connectivity index (χ1n) is 12.9. The molecule has 0 radical (unpaired) electrons. The number of ether oxygens (including phenoxy) is 3. The molecule has 220 valence electrons. The van der Waals surface area contributed by atoms with Gasteiger partial charge in [0.2, 0.25) is 5.91 Å². The summed E-state index contributed by atoms with van der Waals surface area (Å²) in [7, 11) is -1.44. The van der Waals surface area contributed by atoms with Gasteiger partial charge in [0.25, 0.3) is 15.9 Å². The van der Waals surface area contributed by atoms with E-state index in [2.05, 4.69) is 10.6 Å². The van der Waals surface area contributed by atoms with Crippen LogP contribution < -0.4 is 29.1 Å². The van der Waals surface area contributed by atoms with Gasteiger partial charge in [0.05, 0.1) is 55.5 Å². The third-order valence-electron chi connectivity index (χ3n) is 6.11. The van der Waals surface area contributed by atoms with Crippen LogP contribution in [0, 0.1) is 0 Å². The van der Waals surface area contributed by atoms with Crippen LogP contribution in [0.1, 0.15) is 23.0 Å². The summed E-state index contributed by atoms with van der Waals surface area (Å²) in [5, 5.41) is 5.42. The molecule has 0 spiro atoms. The quantitative estimate of drug-likeness (QED) is 0.232. The number of hydrogen-bond acceptors (Lipinski definition) is 8. The number of carbonyl (C=O) groups is 2. The molecule has 0 saturated heterocycles. The molecule has 1 heterocycles. The Morgan fingerprint density at radius 2 is 1.64 bits per heavy atom. The van der Waals surface area contributed by atoms with Crippen molar-refractivity contribution < 1.29 is 36.6 Å². The summed E-state index contributed by atoms with van der Waals surface area (Å²) in [5.41, 5.74) is 0.648. The third kappa shape index (κ3) is 7.02. The number of para-hydroxylation sites is 1. The number of sulfonamides is 1. The lowest BCUT2D eigenvalue weighted by Crippen LogP contribution is -2.38. The average molecular weight is 594 g/mol. The molecule has 1 aromatic heterocycles. The van der Waals surface area contributed by atoms with Gasteiger partial charge >= 0.3 is 0 Å². The highest BCUT2D eigenvalue weighted by molar-refractivity contribution is 7.92. The van der Waals surface area contributed by atoms with Crippen LogP contribution in [0.4, 0.5) is 11.4 Å². The van der Waals surface area contributed by atoms with E-state index in [1.54, 1.807) is 60.7 Å². The smallest absolute Gasteiger partial charge is 0.264 e. The van der Waals surface area contributed by atoms with Crippen molar-refractivity contribution in [2.45, 2.75) is 18.4 Å². The van der Waals surface area contributed by atoms with E-state index in [-0.39, 0.29) is 34.1 Å². The Hall–Kier alpha value is -4.97. The molecule has 0 aliphatic heterocycles. The van der Waals surface area contributed by atoms with Gasteiger partial charge in [0.15, 0.2) is 11.5 Å². The Kier molecular flexibility index (Phi) is 9.71. The van der Waals surface area contributed by atoms with Gasteiger partial charge < -0.3 is 29.3 Å². The minimum absolute atomic E-state index is 0.112. The molecular formula is C30H31N3O8S. The number of nitrogens with one attached hydrogen (secondary N) is 2. The SMILES string of the molecule is CCOc1ccc(N(CC(=O)Nc2ccccc2C(=O)NCc2ccco2)S(=O)(=O)c2ccc(OC)c(OC)c2)cc1. The summed E-state index contributed by atoms with van der Waals surface area (Å²) in [5.74, 6) is 0.565. The lowest BCUT2D eigenvalue weighted by atomic mass is 10.1. The van der Waals surface area contributed by atoms with Crippen LogP contribution in [0.5, 0.6) is 17.2 Å². The van der Waals surface area contributed by atoms with E-state index in [9.17, 15) is 18.0 Å². The largest absolute Gasteiger partial charge is 0.494 e. The van der Waals surface area contributed by atoms with Crippen molar-refractivity contribution in [3.8, 4) is 17.2 Å². The van der Waals surface area contributed by atoms with Crippen molar-refractivity contribution in [3.63, 3.8) is 0 Å². The molecule has 4 aromatic rings. The highest BCUT2D eigenvalue weighted by Gasteiger charge is 2.29. The van der Waals surface area contributed by atoms with Crippen molar-refractivity contribution in [2.75, 3.05) is 37.0 Å². The molecule has 0 aliphatic carbocycles. The molecule has 3 aromatic carbocycles. The van der Waals surface area contributed by atoms with Crippen molar-refractivity contribution >= 4 is 33.2 Å². The van der Waals surface area contributed by atoms with Crippen LogP contribution in [0.3, 0.4) is 0 Å². The molecule has 0 saturated carbocycles. The number of amides is 2. The van der Waals surface area contributed by atoms with Crippen LogP contribution in [-0.2, 0) is 21.4 Å². The maximum atomic E-state index is 13.9. The van der Waals surface area contributed by atoms with Gasteiger partial charge in [-0.25, -0.2) is 8.42 Å². The van der Waals surface area contributed by atoms with E-state index in [1.807, 2.05) is 6.92 Å². The number of benzene rings is 3. The van der Waals surface area contributed by atoms with Crippen LogP contribution >= 0.6 is 0 Å². The first kappa shape index (κ1) is 30.0. The normalized spacial score (nSPS) is 10.9. The van der Waals surface area contributed by atoms with Crippen molar-refractivity contribution in [1.82, 2.24) is 5.32 Å². The average Bonchev–Trinajstić information content (AvgIpc) is 3.53. The van der Waals surface area contributed by atoms with E-state index in [0.29, 0.717) is 23.9 Å². The second kappa shape index (κ2) is 13.6. The zero-order valence-corrected chi connectivity index (χ0v) is 24.1. The zero-order valence-electron chi connectivity index (χ0n) is 23.3. The number of methoxy groups -OCH3 is 2. The number of nitrogens with zero attached hydrogens (tertiary/aromatic N) is 1. The molecule has 11 nitrogen and oxygen atoms in total. The molecule has 0 aliphatic rings. The molecule has 0 atom stereocenters. The minimum Gasteiger partial charge on any atom is -0.494 e. The Labute approximate surface area is 244 Å². The molecule has 12 heteroatoms. The fourth-order valence-electron chi connectivity index (χ4n) is 4.08. The van der Waals surface area contributed by atoms with Gasteiger partial charge in [-0.05, 0) is 67.6 Å². The maximum absolute atomic E-state index is 13.9. The molecular weight excluding hydrogens is 562 g/mol. The summed E-state index contributed by atoms with van der Waals surface area (Å²) in [6.07, 6.45) is 1.50. The van der Waals surface area contributed by atoms with Gasteiger partial charge in [-0.3, -0.25) is 13.9 Å². The second-order valence-corrected chi connectivity index (χ2v) is 10.7. The first-order valence-corrected chi connectivity index (χ1v) is 14.4. The zero-order chi connectivity index (χ0) is 30.1. The lowest BCUT2D eigenvalue weighted by Gasteiger charge is -2.25. The van der Waals surface area contributed by atoms with E-state index >= 15 is 0 Å². The fourth-order valence-corrected chi connectivity index (χ4v) is 5.52. The summed E-state index contributed by atoms with van der Waals surface area (Å²) >= 11 is 0. The van der Waals surface area contributed by atoms with Crippen LogP contribution in [0.15, 0.2) is 94.4 Å². The topological polar surface area (TPSA) is 136 Å². The van der Waals surface area contributed by atoms with Gasteiger partial charge in [-0.15, -0.1) is 0 Å². The van der Waals surface area contributed by atoms with Gasteiger partial charge in [-0.2, -0.15) is 0 Å². The predicted molar refractivity (Wildman–Crippen MR) is 157 cm³/mol. The molecule has 0 fully saturated rings. The van der Waals surface area contributed by atoms with Crippen molar-refractivity contribution in [2.24, 2.45) is 0 Å². The molecule has 4 rings (SSSR count). The number of carbonyl (C=O) groups excluding carboxylic acids is 2. The van der Waals surface area contributed by atoms with E-state index < -0.39 is 28.4 Å².